The van der Waals surface area contributed by atoms with Gasteiger partial charge in [0.05, 0.1) is 0 Å². The maximum atomic E-state index is 12.0. The highest BCUT2D eigenvalue weighted by molar-refractivity contribution is 5.69. The summed E-state index contributed by atoms with van der Waals surface area (Å²) >= 11 is 0. The molecule has 0 aliphatic carbocycles. The van der Waals surface area contributed by atoms with Crippen molar-refractivity contribution < 1.29 is 0 Å². The average Bonchev–Trinajstić information content (AvgIpc) is 2.35. The zero-order valence-corrected chi connectivity index (χ0v) is 10.4. The van der Waals surface area contributed by atoms with E-state index in [1.807, 2.05) is 0 Å². The lowest BCUT2D eigenvalue weighted by atomic mass is 10.4. The minimum absolute atomic E-state index is 0.0201. The van der Waals surface area contributed by atoms with E-state index in [9.17, 15) is 19.2 Å². The van der Waals surface area contributed by atoms with Gasteiger partial charge in [-0.05, 0) is 0 Å². The van der Waals surface area contributed by atoms with Gasteiger partial charge in [0.25, 0.3) is 5.56 Å². The van der Waals surface area contributed by atoms with Gasteiger partial charge < -0.3 is 0 Å². The first-order chi connectivity index (χ1) is 8.29. The fraction of sp³-hybridized carbons (Fsp3) is 0.400. The molecule has 0 unspecified atom stereocenters. The van der Waals surface area contributed by atoms with Crippen molar-refractivity contribution in [1.29, 1.82) is 0 Å². The molecule has 2 aromatic rings. The maximum absolute atomic E-state index is 12.0. The van der Waals surface area contributed by atoms with Crippen molar-refractivity contribution in [2.24, 2.45) is 28.2 Å². The van der Waals surface area contributed by atoms with Gasteiger partial charge in [-0.2, -0.15) is 0 Å². The molecule has 0 aromatic carbocycles. The Morgan fingerprint density at radius 2 is 1.11 bits per heavy atom. The van der Waals surface area contributed by atoms with Gasteiger partial charge in [-0.3, -0.25) is 32.7 Å². The van der Waals surface area contributed by atoms with Crippen molar-refractivity contribution in [2.45, 2.75) is 0 Å². The van der Waals surface area contributed by atoms with Gasteiger partial charge in [-0.1, -0.05) is 0 Å². The van der Waals surface area contributed by atoms with E-state index >= 15 is 0 Å². The highest BCUT2D eigenvalue weighted by atomic mass is 16.2. The van der Waals surface area contributed by atoms with E-state index in [1.165, 1.54) is 28.2 Å². The van der Waals surface area contributed by atoms with Gasteiger partial charge in [-0.25, -0.2) is 4.79 Å². The Morgan fingerprint density at radius 1 is 0.611 bits per heavy atom. The molecule has 0 fully saturated rings. The molecule has 2 rings (SSSR count). The first-order valence-corrected chi connectivity index (χ1v) is 5.14. The summed E-state index contributed by atoms with van der Waals surface area (Å²) in [7, 11) is 5.44. The number of aryl methyl sites for hydroxylation is 3. The molecule has 0 saturated heterocycles. The molecule has 0 amide bonds. The predicted octanol–water partition coefficient (Wildman–Crippen LogP) is -2.37. The number of aromatic nitrogens is 4. The smallest absolute Gasteiger partial charge is 0.299 e. The lowest BCUT2D eigenvalue weighted by Crippen LogP contribution is -2.46. The fourth-order valence-electron chi connectivity index (χ4n) is 1.98. The molecule has 0 spiro atoms. The van der Waals surface area contributed by atoms with Gasteiger partial charge in [-0.15, -0.1) is 0 Å². The second-order valence-electron chi connectivity index (χ2n) is 4.11. The molecule has 8 heteroatoms. The minimum Gasteiger partial charge on any atom is -0.299 e. The van der Waals surface area contributed by atoms with Gasteiger partial charge in [0.1, 0.15) is 5.65 Å². The van der Waals surface area contributed by atoms with Crippen LogP contribution in [0.5, 0.6) is 0 Å². The quantitative estimate of drug-likeness (QED) is 0.490. The molecule has 0 radical (unpaired) electrons. The minimum atomic E-state index is -0.805. The van der Waals surface area contributed by atoms with Gasteiger partial charge in [0.2, 0.25) is 0 Å². The molecule has 0 aliphatic rings. The van der Waals surface area contributed by atoms with E-state index in [0.29, 0.717) is 0 Å². The van der Waals surface area contributed by atoms with Crippen molar-refractivity contribution >= 4 is 11.2 Å². The number of rotatable bonds is 0. The van der Waals surface area contributed by atoms with Crippen LogP contribution in [0.15, 0.2) is 19.2 Å². The zero-order chi connectivity index (χ0) is 13.8. The molecular formula is C10H12N4O4. The molecule has 8 nitrogen and oxygen atoms in total. The molecule has 0 bridgehead atoms. The Bertz CT molecular complexity index is 894. The molecule has 0 saturated carbocycles. The van der Waals surface area contributed by atoms with Crippen LogP contribution in [0.2, 0.25) is 0 Å². The van der Waals surface area contributed by atoms with Crippen molar-refractivity contribution in [1.82, 2.24) is 18.3 Å². The Hall–Kier alpha value is -2.38. The Labute approximate surface area is 99.9 Å². The number of nitrogens with zero attached hydrogens (tertiary/aromatic N) is 4. The number of fused-ring (bicyclic) bond motifs is 1. The maximum Gasteiger partial charge on any atom is 0.332 e. The van der Waals surface area contributed by atoms with Crippen LogP contribution in [-0.4, -0.2) is 18.3 Å². The molecule has 2 aromatic heterocycles. The first kappa shape index (κ1) is 12.1. The van der Waals surface area contributed by atoms with Crippen LogP contribution in [-0.2, 0) is 28.2 Å². The normalized spacial score (nSPS) is 11.1. The molecule has 96 valence electrons. The predicted molar refractivity (Wildman–Crippen MR) is 64.9 cm³/mol. The van der Waals surface area contributed by atoms with E-state index in [-0.39, 0.29) is 11.2 Å². The molecule has 0 N–H and O–H groups in total. The molecule has 0 atom stereocenters. The van der Waals surface area contributed by atoms with E-state index < -0.39 is 22.4 Å². The lowest BCUT2D eigenvalue weighted by Gasteiger charge is -2.12. The first-order valence-electron chi connectivity index (χ1n) is 5.14. The Kier molecular flexibility index (Phi) is 2.39. The van der Waals surface area contributed by atoms with Gasteiger partial charge in [0.15, 0.2) is 5.52 Å². The van der Waals surface area contributed by atoms with E-state index in [4.69, 9.17) is 0 Å². The summed E-state index contributed by atoms with van der Waals surface area (Å²) in [5.74, 6) is 0. The van der Waals surface area contributed by atoms with E-state index in [1.54, 1.807) is 0 Å². The Balaban J connectivity index is 3.46. The van der Waals surface area contributed by atoms with Gasteiger partial charge in [0, 0.05) is 28.2 Å². The van der Waals surface area contributed by atoms with Crippen molar-refractivity contribution in [3.05, 3.63) is 41.5 Å². The summed E-state index contributed by atoms with van der Waals surface area (Å²) in [4.78, 5) is 47.1. The molecular weight excluding hydrogens is 240 g/mol. The summed E-state index contributed by atoms with van der Waals surface area (Å²) < 4.78 is 4.05. The third-order valence-corrected chi connectivity index (χ3v) is 3.06. The molecule has 18 heavy (non-hydrogen) atoms. The molecule has 2 heterocycles. The number of hydrogen-bond acceptors (Lipinski definition) is 4. The summed E-state index contributed by atoms with van der Waals surface area (Å²) in [5, 5.41) is 0. The number of hydrogen-bond donors (Lipinski definition) is 0. The van der Waals surface area contributed by atoms with E-state index in [2.05, 4.69) is 0 Å². The highest BCUT2D eigenvalue weighted by Crippen LogP contribution is 1.99. The van der Waals surface area contributed by atoms with Crippen molar-refractivity contribution in [3.8, 4) is 0 Å². The summed E-state index contributed by atoms with van der Waals surface area (Å²) in [5.41, 5.74) is -2.61. The standard InChI is InChI=1S/C10H12N4O4/c1-11-5-6(12(2)9(17)8(11)16)13(3)10(18)14(4)7(5)15/h1-4H3. The van der Waals surface area contributed by atoms with E-state index in [0.717, 1.165) is 18.3 Å². The monoisotopic (exact) mass is 252 g/mol. The summed E-state index contributed by atoms with van der Waals surface area (Å²) in [6, 6.07) is 0. The third kappa shape index (κ3) is 1.25. The Morgan fingerprint density at radius 3 is 1.67 bits per heavy atom. The van der Waals surface area contributed by atoms with Crippen LogP contribution in [0.3, 0.4) is 0 Å². The van der Waals surface area contributed by atoms with Crippen LogP contribution in [0.25, 0.3) is 11.2 Å². The van der Waals surface area contributed by atoms with Crippen LogP contribution in [0.4, 0.5) is 0 Å². The molecule has 0 aliphatic heterocycles. The highest BCUT2D eigenvalue weighted by Gasteiger charge is 2.16. The zero-order valence-electron chi connectivity index (χ0n) is 10.4. The summed E-state index contributed by atoms with van der Waals surface area (Å²) in [6.45, 7) is 0. The third-order valence-electron chi connectivity index (χ3n) is 3.06. The van der Waals surface area contributed by atoms with Crippen molar-refractivity contribution in [2.75, 3.05) is 0 Å². The van der Waals surface area contributed by atoms with Crippen molar-refractivity contribution in [3.63, 3.8) is 0 Å². The topological polar surface area (TPSA) is 88.0 Å². The lowest BCUT2D eigenvalue weighted by molar-refractivity contribution is 0.665. The SMILES string of the molecule is Cn1c(=O)c2c(n(C)c(=O)c(=O)n2C)n(C)c1=O. The average molecular weight is 252 g/mol. The second kappa shape index (κ2) is 3.56. The largest absolute Gasteiger partial charge is 0.332 e. The van der Waals surface area contributed by atoms with Gasteiger partial charge >= 0.3 is 16.8 Å². The van der Waals surface area contributed by atoms with Crippen LogP contribution < -0.4 is 22.4 Å². The second-order valence-corrected chi connectivity index (χ2v) is 4.11. The van der Waals surface area contributed by atoms with Crippen LogP contribution >= 0.6 is 0 Å². The summed E-state index contributed by atoms with van der Waals surface area (Å²) in [6.07, 6.45) is 0. The van der Waals surface area contributed by atoms with Crippen LogP contribution in [0, 0.1) is 0 Å². The fourth-order valence-corrected chi connectivity index (χ4v) is 1.98. The van der Waals surface area contributed by atoms with Crippen LogP contribution in [0.1, 0.15) is 0 Å².